The molecule has 158 valence electrons. The standard InChI is InChI=1S/C22H30N2O5/c1-21(2,3)28-18(25)14-24-19(26)16(12-15-10-8-7-9-11-15)13-17(23-24)20(27)29-22(4,5)6/h7-11,16H,12-14H2,1-6H3. The normalized spacial score (nSPS) is 17.6. The van der Waals surface area contributed by atoms with E-state index in [0.29, 0.717) is 6.42 Å². The molecule has 0 N–H and O–H groups in total. The number of benzene rings is 1. The quantitative estimate of drug-likeness (QED) is 0.707. The van der Waals surface area contributed by atoms with Crippen molar-refractivity contribution in [3.05, 3.63) is 35.9 Å². The first-order valence-electron chi connectivity index (χ1n) is 9.72. The molecule has 0 bridgehead atoms. The number of hydrogen-bond acceptors (Lipinski definition) is 6. The zero-order valence-electron chi connectivity index (χ0n) is 18.0. The SMILES string of the molecule is CC(C)(C)OC(=O)CN1N=C(C(=O)OC(C)(C)C)CC(Cc2ccccc2)C1=O. The molecule has 1 aliphatic rings. The fourth-order valence-electron chi connectivity index (χ4n) is 2.90. The van der Waals surface area contributed by atoms with Crippen molar-refractivity contribution in [3.8, 4) is 0 Å². The Kier molecular flexibility index (Phi) is 6.82. The van der Waals surface area contributed by atoms with E-state index in [1.165, 1.54) is 0 Å². The van der Waals surface area contributed by atoms with Gasteiger partial charge < -0.3 is 9.47 Å². The Morgan fingerprint density at radius 1 is 1.03 bits per heavy atom. The van der Waals surface area contributed by atoms with E-state index in [-0.39, 0.29) is 24.6 Å². The van der Waals surface area contributed by atoms with Crippen LogP contribution in [0.4, 0.5) is 0 Å². The van der Waals surface area contributed by atoms with Crippen molar-refractivity contribution in [2.24, 2.45) is 11.0 Å². The predicted molar refractivity (Wildman–Crippen MR) is 109 cm³/mol. The van der Waals surface area contributed by atoms with Crippen molar-refractivity contribution in [1.82, 2.24) is 5.01 Å². The molecule has 0 saturated heterocycles. The number of amides is 1. The predicted octanol–water partition coefficient (Wildman–Crippen LogP) is 3.12. The lowest BCUT2D eigenvalue weighted by Gasteiger charge is -2.30. The van der Waals surface area contributed by atoms with Gasteiger partial charge in [-0.1, -0.05) is 30.3 Å². The third-order valence-electron chi connectivity index (χ3n) is 3.94. The number of carbonyl (C=O) groups excluding carboxylic acids is 3. The van der Waals surface area contributed by atoms with Gasteiger partial charge in [0.1, 0.15) is 23.5 Å². The van der Waals surface area contributed by atoms with Gasteiger partial charge in [-0.25, -0.2) is 9.80 Å². The maximum atomic E-state index is 12.9. The molecule has 0 spiro atoms. The van der Waals surface area contributed by atoms with Crippen LogP contribution < -0.4 is 0 Å². The minimum Gasteiger partial charge on any atom is -0.459 e. The van der Waals surface area contributed by atoms with Crippen molar-refractivity contribution in [3.63, 3.8) is 0 Å². The van der Waals surface area contributed by atoms with Crippen molar-refractivity contribution < 1.29 is 23.9 Å². The smallest absolute Gasteiger partial charge is 0.355 e. The molecule has 1 aromatic carbocycles. The van der Waals surface area contributed by atoms with Gasteiger partial charge in [0.05, 0.1) is 0 Å². The second-order valence-corrected chi connectivity index (χ2v) is 9.12. The van der Waals surface area contributed by atoms with Crippen LogP contribution >= 0.6 is 0 Å². The molecule has 1 aliphatic heterocycles. The highest BCUT2D eigenvalue weighted by atomic mass is 16.6. The van der Waals surface area contributed by atoms with Crippen LogP contribution in [0.15, 0.2) is 35.4 Å². The Labute approximate surface area is 172 Å². The minimum absolute atomic E-state index is 0.129. The molecule has 2 rings (SSSR count). The van der Waals surface area contributed by atoms with Crippen molar-refractivity contribution in [1.29, 1.82) is 0 Å². The van der Waals surface area contributed by atoms with E-state index in [0.717, 1.165) is 10.6 Å². The number of esters is 2. The third-order valence-corrected chi connectivity index (χ3v) is 3.94. The van der Waals surface area contributed by atoms with E-state index in [1.54, 1.807) is 41.5 Å². The zero-order valence-corrected chi connectivity index (χ0v) is 18.0. The summed E-state index contributed by atoms with van der Waals surface area (Å²) < 4.78 is 10.7. The molecule has 0 fully saturated rings. The lowest BCUT2D eigenvalue weighted by Crippen LogP contribution is -2.45. The molecule has 0 aromatic heterocycles. The first-order chi connectivity index (χ1) is 13.3. The Hall–Kier alpha value is -2.70. The second kappa shape index (κ2) is 8.76. The van der Waals surface area contributed by atoms with E-state index < -0.39 is 29.1 Å². The second-order valence-electron chi connectivity index (χ2n) is 9.12. The van der Waals surface area contributed by atoms with Gasteiger partial charge in [-0.05, 0) is 53.5 Å². The van der Waals surface area contributed by atoms with Gasteiger partial charge in [0.2, 0.25) is 5.91 Å². The molecule has 0 radical (unpaired) electrons. The number of ether oxygens (including phenoxy) is 2. The first kappa shape index (κ1) is 22.6. The van der Waals surface area contributed by atoms with E-state index in [1.807, 2.05) is 30.3 Å². The van der Waals surface area contributed by atoms with Gasteiger partial charge in [0, 0.05) is 12.3 Å². The van der Waals surface area contributed by atoms with Crippen LogP contribution in [-0.2, 0) is 30.3 Å². The lowest BCUT2D eigenvalue weighted by molar-refractivity contribution is -0.160. The Morgan fingerprint density at radius 2 is 1.62 bits per heavy atom. The number of rotatable bonds is 5. The summed E-state index contributed by atoms with van der Waals surface area (Å²) in [6, 6.07) is 9.53. The summed E-state index contributed by atoms with van der Waals surface area (Å²) in [6.45, 7) is 10.2. The molecule has 7 nitrogen and oxygen atoms in total. The Balaban J connectivity index is 2.25. The molecular weight excluding hydrogens is 372 g/mol. The summed E-state index contributed by atoms with van der Waals surface area (Å²) in [5, 5.41) is 5.17. The Morgan fingerprint density at radius 3 is 2.17 bits per heavy atom. The van der Waals surface area contributed by atoms with Gasteiger partial charge in [-0.15, -0.1) is 0 Å². The van der Waals surface area contributed by atoms with Crippen LogP contribution in [0.25, 0.3) is 0 Å². The van der Waals surface area contributed by atoms with Crippen LogP contribution in [0.1, 0.15) is 53.5 Å². The van der Waals surface area contributed by atoms with Crippen molar-refractivity contribution >= 4 is 23.6 Å². The van der Waals surface area contributed by atoms with E-state index >= 15 is 0 Å². The summed E-state index contributed by atoms with van der Waals surface area (Å²) >= 11 is 0. The minimum atomic E-state index is -0.689. The molecule has 1 heterocycles. The summed E-state index contributed by atoms with van der Waals surface area (Å²) in [4.78, 5) is 37.8. The van der Waals surface area contributed by atoms with Crippen LogP contribution in [-0.4, -0.2) is 46.3 Å². The monoisotopic (exact) mass is 402 g/mol. The molecule has 0 saturated carbocycles. The third kappa shape index (κ3) is 7.33. The fourth-order valence-corrected chi connectivity index (χ4v) is 2.90. The summed E-state index contributed by atoms with van der Waals surface area (Å²) in [5.41, 5.74) is -0.277. The average Bonchev–Trinajstić information content (AvgIpc) is 2.56. The van der Waals surface area contributed by atoms with Crippen LogP contribution in [0, 0.1) is 5.92 Å². The summed E-state index contributed by atoms with van der Waals surface area (Å²) in [6.07, 6.45) is 0.597. The van der Waals surface area contributed by atoms with Gasteiger partial charge in [-0.3, -0.25) is 9.59 Å². The number of hydrazone groups is 1. The highest BCUT2D eigenvalue weighted by Gasteiger charge is 2.36. The molecule has 0 aliphatic carbocycles. The number of nitrogens with zero attached hydrogens (tertiary/aromatic N) is 2. The molecule has 29 heavy (non-hydrogen) atoms. The molecule has 1 atom stereocenters. The molecule has 1 aromatic rings. The van der Waals surface area contributed by atoms with E-state index in [4.69, 9.17) is 9.47 Å². The number of carbonyl (C=O) groups is 3. The average molecular weight is 402 g/mol. The Bertz CT molecular complexity index is 788. The van der Waals surface area contributed by atoms with Gasteiger partial charge >= 0.3 is 11.9 Å². The first-order valence-corrected chi connectivity index (χ1v) is 9.72. The lowest BCUT2D eigenvalue weighted by atomic mass is 9.91. The zero-order chi connectivity index (χ0) is 21.8. The van der Waals surface area contributed by atoms with Crippen LogP contribution in [0.3, 0.4) is 0 Å². The number of hydrogen-bond donors (Lipinski definition) is 0. The van der Waals surface area contributed by atoms with Gasteiger partial charge in [-0.2, -0.15) is 5.10 Å². The van der Waals surface area contributed by atoms with Gasteiger partial charge in [0.15, 0.2) is 0 Å². The maximum Gasteiger partial charge on any atom is 0.355 e. The molecule has 7 heteroatoms. The van der Waals surface area contributed by atoms with Gasteiger partial charge in [0.25, 0.3) is 0 Å². The largest absolute Gasteiger partial charge is 0.459 e. The highest BCUT2D eigenvalue weighted by Crippen LogP contribution is 2.23. The fraction of sp³-hybridized carbons (Fsp3) is 0.545. The maximum absolute atomic E-state index is 12.9. The molecule has 1 amide bonds. The van der Waals surface area contributed by atoms with E-state index in [2.05, 4.69) is 5.10 Å². The topological polar surface area (TPSA) is 85.3 Å². The summed E-state index contributed by atoms with van der Waals surface area (Å²) in [7, 11) is 0. The van der Waals surface area contributed by atoms with Crippen LogP contribution in [0.5, 0.6) is 0 Å². The van der Waals surface area contributed by atoms with Crippen LogP contribution in [0.2, 0.25) is 0 Å². The highest BCUT2D eigenvalue weighted by molar-refractivity contribution is 6.37. The summed E-state index contributed by atoms with van der Waals surface area (Å²) in [5.74, 6) is -2.00. The molecular formula is C22H30N2O5. The van der Waals surface area contributed by atoms with E-state index in [9.17, 15) is 14.4 Å². The van der Waals surface area contributed by atoms with Crippen molar-refractivity contribution in [2.75, 3.05) is 6.54 Å². The van der Waals surface area contributed by atoms with Crippen molar-refractivity contribution in [2.45, 2.75) is 65.6 Å². The molecule has 1 unspecified atom stereocenters.